The molecule has 0 aliphatic rings. The summed E-state index contributed by atoms with van der Waals surface area (Å²) in [5.41, 5.74) is 4.54. The van der Waals surface area contributed by atoms with Gasteiger partial charge in [0.1, 0.15) is 0 Å². The Morgan fingerprint density at radius 3 is 1.47 bits per heavy atom. The fourth-order valence-corrected chi connectivity index (χ4v) is 6.00. The van der Waals surface area contributed by atoms with Gasteiger partial charge in [-0.15, -0.1) is 11.3 Å². The molecule has 2 aromatic heterocycles. The second kappa shape index (κ2) is 10.8. The van der Waals surface area contributed by atoms with Crippen molar-refractivity contribution in [3.63, 3.8) is 0 Å². The third-order valence-corrected chi connectivity index (χ3v) is 8.23. The molecule has 0 bridgehead atoms. The molecule has 0 saturated heterocycles. The Bertz CT molecular complexity index is 2540. The van der Waals surface area contributed by atoms with Gasteiger partial charge in [0.05, 0.1) is 8.22 Å². The van der Waals surface area contributed by atoms with E-state index in [1.165, 1.54) is 0 Å². The van der Waals surface area contributed by atoms with E-state index in [0.29, 0.717) is 32.0 Å². The summed E-state index contributed by atoms with van der Waals surface area (Å²) >= 11 is 1.09. The maximum Gasteiger partial charge on any atom is 0.164 e. The first-order valence-electron chi connectivity index (χ1n) is 16.8. The lowest BCUT2D eigenvalue weighted by Gasteiger charge is -2.09. The summed E-state index contributed by atoms with van der Waals surface area (Å²) in [6, 6.07) is 35.6. The van der Waals surface area contributed by atoms with Crippen LogP contribution in [0.15, 0.2) is 152 Å². The lowest BCUT2D eigenvalue weighted by molar-refractivity contribution is 1.07. The third kappa shape index (κ3) is 4.88. The van der Waals surface area contributed by atoms with Gasteiger partial charge in [-0.25, -0.2) is 15.0 Å². The van der Waals surface area contributed by atoms with Crippen LogP contribution in [0.4, 0.5) is 0 Å². The third-order valence-electron chi connectivity index (χ3n) is 7.21. The van der Waals surface area contributed by atoms with Crippen LogP contribution in [0.25, 0.3) is 76.6 Å². The van der Waals surface area contributed by atoms with E-state index in [0.717, 1.165) is 33.6 Å². The van der Waals surface area contributed by atoms with Crippen molar-refractivity contribution in [2.24, 2.45) is 0 Å². The molecule has 0 spiro atoms. The molecular weight excluding hydrogens is 543 g/mol. The van der Waals surface area contributed by atoms with Crippen molar-refractivity contribution in [1.29, 1.82) is 0 Å². The molecule has 43 heavy (non-hydrogen) atoms. The second-order valence-corrected chi connectivity index (χ2v) is 11.0. The van der Waals surface area contributed by atoms with Crippen LogP contribution in [0, 0.1) is 0 Å². The number of aromatic nitrogens is 3. The van der Waals surface area contributed by atoms with Gasteiger partial charge in [0, 0.05) is 36.9 Å². The summed E-state index contributed by atoms with van der Waals surface area (Å²) in [5.74, 6) is 0.809. The minimum Gasteiger partial charge on any atom is -0.208 e. The van der Waals surface area contributed by atoms with Crippen LogP contribution in [-0.2, 0) is 0 Å². The predicted octanol–water partition coefficient (Wildman–Crippen LogP) is 10.6. The largest absolute Gasteiger partial charge is 0.208 e. The van der Waals surface area contributed by atoms with E-state index in [1.54, 1.807) is 12.1 Å². The number of hydrogen-bond acceptors (Lipinski definition) is 4. The van der Waals surface area contributed by atoms with Crippen LogP contribution in [0.1, 0.15) is 8.22 Å². The molecule has 202 valence electrons. The molecule has 0 amide bonds. The van der Waals surface area contributed by atoms with Crippen molar-refractivity contribution >= 4 is 31.5 Å². The lowest BCUT2D eigenvalue weighted by atomic mass is 10.0. The highest BCUT2D eigenvalue weighted by atomic mass is 32.1. The molecule has 6 aromatic carbocycles. The van der Waals surface area contributed by atoms with Gasteiger partial charge in [0.2, 0.25) is 0 Å². The number of benzene rings is 6. The molecule has 0 atom stereocenters. The van der Waals surface area contributed by atoms with Gasteiger partial charge in [-0.1, -0.05) is 133 Å². The Labute approximate surface area is 262 Å². The van der Waals surface area contributed by atoms with Crippen LogP contribution in [0.5, 0.6) is 0 Å². The van der Waals surface area contributed by atoms with Gasteiger partial charge in [0.25, 0.3) is 0 Å². The Morgan fingerprint density at radius 1 is 0.372 bits per heavy atom. The van der Waals surface area contributed by atoms with Crippen LogP contribution in [0.3, 0.4) is 0 Å². The molecule has 4 heteroatoms. The topological polar surface area (TPSA) is 38.7 Å². The fourth-order valence-electron chi connectivity index (χ4n) is 5.03. The van der Waals surface area contributed by atoms with Gasteiger partial charge in [0.15, 0.2) is 17.5 Å². The molecule has 0 unspecified atom stereocenters. The first kappa shape index (κ1) is 19.6. The molecule has 0 saturated carbocycles. The van der Waals surface area contributed by atoms with Gasteiger partial charge in [-0.3, -0.25) is 0 Å². The predicted molar refractivity (Wildman–Crippen MR) is 180 cm³/mol. The number of hydrogen-bond donors (Lipinski definition) is 0. The van der Waals surface area contributed by atoms with E-state index in [-0.39, 0.29) is 58.6 Å². The number of fused-ring (bicyclic) bond motifs is 3. The van der Waals surface area contributed by atoms with Crippen LogP contribution < -0.4 is 0 Å². The average molecular weight is 574 g/mol. The second-order valence-electron chi connectivity index (χ2n) is 9.99. The minimum atomic E-state index is -0.255. The van der Waals surface area contributed by atoms with Crippen LogP contribution in [-0.4, -0.2) is 15.0 Å². The molecule has 0 aliphatic carbocycles. The SMILES string of the molecule is [2H]c1c(-c2ccccc2)c([2H])c2c(sc3c([2H])c(-c4nc(-c5ccccc5)nc(-c5ccc(-c6ccccc6)cc5)n4)c([2H])c([2H])c32)c1[2H]. The molecule has 0 aliphatic heterocycles. The standard InChI is InChI=1S/C39H25N3S/c1-4-10-26(11-5-1)28-16-18-30(19-17-28)38-40-37(29-14-8-3-9-15-29)41-39(42-38)32-20-22-33-34-24-31(27-12-6-2-7-13-27)21-23-35(34)43-36(33)25-32/h1-25H/i20D,21D,22D,23D,24D,25D. The van der Waals surface area contributed by atoms with E-state index in [9.17, 15) is 4.11 Å². The summed E-state index contributed by atoms with van der Waals surface area (Å²) in [5, 5.41) is 0.557. The van der Waals surface area contributed by atoms with Crippen LogP contribution in [0.2, 0.25) is 0 Å². The molecule has 0 fully saturated rings. The summed E-state index contributed by atoms with van der Waals surface area (Å²) in [6.45, 7) is 0. The first-order valence-corrected chi connectivity index (χ1v) is 14.6. The normalized spacial score (nSPS) is 13.2. The molecule has 0 N–H and O–H groups in total. The zero-order valence-electron chi connectivity index (χ0n) is 28.7. The van der Waals surface area contributed by atoms with Crippen LogP contribution >= 0.6 is 11.3 Å². The van der Waals surface area contributed by atoms with E-state index in [2.05, 4.69) is 0 Å². The number of nitrogens with zero attached hydrogens (tertiary/aromatic N) is 3. The molecule has 3 nitrogen and oxygen atoms in total. The van der Waals surface area contributed by atoms with E-state index < -0.39 is 0 Å². The molecular formula is C39H25N3S. The fraction of sp³-hybridized carbons (Fsp3) is 0. The van der Waals surface area contributed by atoms with Crippen molar-refractivity contribution < 1.29 is 8.22 Å². The van der Waals surface area contributed by atoms with E-state index in [1.807, 2.05) is 103 Å². The zero-order valence-corrected chi connectivity index (χ0v) is 23.5. The number of thiophene rings is 1. The van der Waals surface area contributed by atoms with Crippen molar-refractivity contribution in [1.82, 2.24) is 15.0 Å². The molecule has 0 radical (unpaired) electrons. The van der Waals surface area contributed by atoms with Gasteiger partial charge in [-0.2, -0.15) is 0 Å². The average Bonchev–Trinajstić information content (AvgIpc) is 3.56. The maximum absolute atomic E-state index is 9.37. The minimum absolute atomic E-state index is 0.00117. The smallest absolute Gasteiger partial charge is 0.164 e. The number of rotatable bonds is 5. The summed E-state index contributed by atoms with van der Waals surface area (Å²) in [4.78, 5) is 14.3. The highest BCUT2D eigenvalue weighted by Gasteiger charge is 2.14. The Kier molecular flexibility index (Phi) is 4.91. The molecule has 8 aromatic rings. The van der Waals surface area contributed by atoms with E-state index >= 15 is 0 Å². The van der Waals surface area contributed by atoms with Gasteiger partial charge < -0.3 is 0 Å². The lowest BCUT2D eigenvalue weighted by Crippen LogP contribution is -2.00. The zero-order chi connectivity index (χ0) is 33.8. The van der Waals surface area contributed by atoms with Crippen molar-refractivity contribution in [2.45, 2.75) is 0 Å². The highest BCUT2D eigenvalue weighted by molar-refractivity contribution is 7.25. The molecule has 8 rings (SSSR count). The summed E-state index contributed by atoms with van der Waals surface area (Å²) in [7, 11) is 0. The van der Waals surface area contributed by atoms with Gasteiger partial charge in [-0.05, 0) is 40.4 Å². The summed E-state index contributed by atoms with van der Waals surface area (Å²) < 4.78 is 55.2. The Morgan fingerprint density at radius 2 is 0.837 bits per heavy atom. The quantitative estimate of drug-likeness (QED) is 0.206. The Hall–Kier alpha value is -5.45. The Balaban J connectivity index is 1.36. The monoisotopic (exact) mass is 573 g/mol. The highest BCUT2D eigenvalue weighted by Crippen LogP contribution is 2.38. The van der Waals surface area contributed by atoms with Gasteiger partial charge >= 0.3 is 0 Å². The molecule has 2 heterocycles. The summed E-state index contributed by atoms with van der Waals surface area (Å²) in [6.07, 6.45) is 0. The first-order chi connectivity index (χ1) is 23.8. The van der Waals surface area contributed by atoms with Crippen molar-refractivity contribution in [3.8, 4) is 56.4 Å². The van der Waals surface area contributed by atoms with E-state index in [4.69, 9.17) is 19.1 Å². The van der Waals surface area contributed by atoms with Crippen molar-refractivity contribution in [3.05, 3.63) is 152 Å². The maximum atomic E-state index is 9.37. The van der Waals surface area contributed by atoms with Crippen molar-refractivity contribution in [2.75, 3.05) is 0 Å².